The van der Waals surface area contributed by atoms with Crippen LogP contribution in [-0.4, -0.2) is 45.7 Å². The predicted octanol–water partition coefficient (Wildman–Crippen LogP) is 2.81. The fraction of sp³-hybridized carbons (Fsp3) is 0.524. The smallest absolute Gasteiger partial charge is 0.273 e. The molecule has 1 fully saturated rings. The van der Waals surface area contributed by atoms with Crippen molar-refractivity contribution in [3.05, 3.63) is 40.3 Å². The molecule has 0 aliphatic carbocycles. The van der Waals surface area contributed by atoms with Crippen LogP contribution in [0, 0.1) is 5.92 Å². The molecule has 3 rings (SSSR count). The summed E-state index contributed by atoms with van der Waals surface area (Å²) in [5.41, 5.74) is 0.730. The number of benzene rings is 1. The van der Waals surface area contributed by atoms with Gasteiger partial charge in [-0.15, -0.1) is 10.2 Å². The third kappa shape index (κ3) is 5.41. The van der Waals surface area contributed by atoms with Crippen LogP contribution in [0.25, 0.3) is 11.4 Å². The molecule has 0 atom stereocenters. The molecule has 0 spiro atoms. The van der Waals surface area contributed by atoms with E-state index >= 15 is 0 Å². The number of aromatic amines is 1. The average Bonchev–Trinajstić information content (AvgIpc) is 2.72. The maximum atomic E-state index is 12.4. The Balaban J connectivity index is 1.64. The summed E-state index contributed by atoms with van der Waals surface area (Å²) in [5, 5.41) is 8.22. The van der Waals surface area contributed by atoms with Gasteiger partial charge in [-0.2, -0.15) is 0 Å². The quantitative estimate of drug-likeness (QED) is 0.793. The number of hydrogen-bond donors (Lipinski definition) is 1. The molecule has 1 aromatic heterocycles. The van der Waals surface area contributed by atoms with Gasteiger partial charge < -0.3 is 14.6 Å². The molecular weight excluding hydrogens is 356 g/mol. The van der Waals surface area contributed by atoms with E-state index in [1.165, 1.54) is 6.42 Å². The van der Waals surface area contributed by atoms with Crippen LogP contribution >= 0.6 is 0 Å². The maximum Gasteiger partial charge on any atom is 0.273 e. The van der Waals surface area contributed by atoms with Crippen LogP contribution in [0.5, 0.6) is 5.75 Å². The summed E-state index contributed by atoms with van der Waals surface area (Å²) < 4.78 is 5.72. The molecule has 0 bridgehead atoms. The number of carbonyl (C=O) groups excluding carboxylic acids is 1. The summed E-state index contributed by atoms with van der Waals surface area (Å²) in [4.78, 5) is 29.3. The zero-order valence-electron chi connectivity index (χ0n) is 16.6. The van der Waals surface area contributed by atoms with Gasteiger partial charge in [0.15, 0.2) is 5.82 Å². The minimum atomic E-state index is -0.301. The van der Waals surface area contributed by atoms with Gasteiger partial charge in [-0.3, -0.25) is 9.59 Å². The van der Waals surface area contributed by atoms with E-state index < -0.39 is 0 Å². The van der Waals surface area contributed by atoms with E-state index in [1.54, 1.807) is 0 Å². The van der Waals surface area contributed by atoms with Crippen LogP contribution in [0.2, 0.25) is 0 Å². The molecule has 1 N–H and O–H groups in total. The molecule has 0 saturated carbocycles. The normalized spacial score (nSPS) is 14.3. The molecule has 1 aromatic carbocycles. The number of hydrogen-bond acceptors (Lipinski definition) is 5. The van der Waals surface area contributed by atoms with Gasteiger partial charge in [0.05, 0.1) is 6.61 Å². The lowest BCUT2D eigenvalue weighted by molar-refractivity contribution is -0.132. The number of nitrogens with one attached hydrogen (secondary N) is 1. The standard InChI is InChI=1S/C21H28N4O3/c1-15(2)14-28-17-8-6-7-16(13-17)20-22-21(27)18(23-24-20)9-10-19(26)25-11-4-3-5-12-25/h6-8,13,15H,3-5,9-12,14H2,1-2H3,(H,22,24,27). The van der Waals surface area contributed by atoms with Gasteiger partial charge in [0, 0.05) is 31.5 Å². The summed E-state index contributed by atoms with van der Waals surface area (Å²) >= 11 is 0. The zero-order chi connectivity index (χ0) is 19.9. The molecule has 150 valence electrons. The summed E-state index contributed by atoms with van der Waals surface area (Å²) in [6.45, 7) is 6.42. The van der Waals surface area contributed by atoms with Crippen LogP contribution < -0.4 is 10.3 Å². The lowest BCUT2D eigenvalue weighted by Crippen LogP contribution is -2.36. The molecule has 7 heteroatoms. The van der Waals surface area contributed by atoms with Crippen molar-refractivity contribution in [1.29, 1.82) is 0 Å². The SMILES string of the molecule is CC(C)COc1cccc(-c2nnc(CCC(=O)N3CCCCC3)c(=O)[nH]2)c1. The summed E-state index contributed by atoms with van der Waals surface area (Å²) in [7, 11) is 0. The molecule has 0 unspecified atom stereocenters. The van der Waals surface area contributed by atoms with Crippen molar-refractivity contribution in [1.82, 2.24) is 20.1 Å². The van der Waals surface area contributed by atoms with Crippen molar-refractivity contribution in [3.8, 4) is 17.1 Å². The van der Waals surface area contributed by atoms with Crippen LogP contribution in [0.3, 0.4) is 0 Å². The predicted molar refractivity (Wildman–Crippen MR) is 107 cm³/mol. The van der Waals surface area contributed by atoms with E-state index in [1.807, 2.05) is 29.2 Å². The minimum absolute atomic E-state index is 0.0833. The number of carbonyl (C=O) groups is 1. The highest BCUT2D eigenvalue weighted by Gasteiger charge is 2.17. The third-order valence-corrected chi connectivity index (χ3v) is 4.74. The number of ether oxygens (including phenoxy) is 1. The highest BCUT2D eigenvalue weighted by Crippen LogP contribution is 2.20. The Hall–Kier alpha value is -2.70. The van der Waals surface area contributed by atoms with Crippen molar-refractivity contribution in [3.63, 3.8) is 0 Å². The summed E-state index contributed by atoms with van der Waals surface area (Å²) in [6.07, 6.45) is 3.88. The van der Waals surface area contributed by atoms with E-state index in [2.05, 4.69) is 29.0 Å². The number of aromatic nitrogens is 3. The molecule has 7 nitrogen and oxygen atoms in total. The fourth-order valence-corrected chi connectivity index (χ4v) is 3.18. The highest BCUT2D eigenvalue weighted by molar-refractivity contribution is 5.76. The first-order valence-electron chi connectivity index (χ1n) is 10.00. The van der Waals surface area contributed by atoms with Gasteiger partial charge >= 0.3 is 0 Å². The number of piperidine rings is 1. The molecule has 0 radical (unpaired) electrons. The van der Waals surface area contributed by atoms with Gasteiger partial charge in [-0.05, 0) is 37.3 Å². The summed E-state index contributed by atoms with van der Waals surface area (Å²) in [5.74, 6) is 1.63. The second kappa shape index (κ2) is 9.48. The van der Waals surface area contributed by atoms with Crippen molar-refractivity contribution in [2.75, 3.05) is 19.7 Å². The topological polar surface area (TPSA) is 88.2 Å². The third-order valence-electron chi connectivity index (χ3n) is 4.74. The van der Waals surface area contributed by atoms with Gasteiger partial charge in [0.1, 0.15) is 11.4 Å². The second-order valence-corrected chi connectivity index (χ2v) is 7.62. The molecule has 2 heterocycles. The zero-order valence-corrected chi connectivity index (χ0v) is 16.6. The van der Waals surface area contributed by atoms with Crippen molar-refractivity contribution in [2.45, 2.75) is 46.0 Å². The van der Waals surface area contributed by atoms with Crippen LogP contribution in [0.1, 0.15) is 45.2 Å². The van der Waals surface area contributed by atoms with Crippen molar-refractivity contribution < 1.29 is 9.53 Å². The maximum absolute atomic E-state index is 12.4. The average molecular weight is 384 g/mol. The molecule has 1 saturated heterocycles. The molecular formula is C21H28N4O3. The molecule has 2 aromatic rings. The largest absolute Gasteiger partial charge is 0.493 e. The van der Waals surface area contributed by atoms with Crippen molar-refractivity contribution in [2.24, 2.45) is 5.92 Å². The number of amides is 1. The number of H-pyrrole nitrogens is 1. The van der Waals surface area contributed by atoms with E-state index in [-0.39, 0.29) is 17.9 Å². The van der Waals surface area contributed by atoms with Gasteiger partial charge in [0.25, 0.3) is 5.56 Å². The highest BCUT2D eigenvalue weighted by atomic mass is 16.5. The van der Waals surface area contributed by atoms with E-state index in [0.717, 1.165) is 37.2 Å². The van der Waals surface area contributed by atoms with Gasteiger partial charge in [-0.1, -0.05) is 26.0 Å². The number of likely N-dealkylation sites (tertiary alicyclic amines) is 1. The fourth-order valence-electron chi connectivity index (χ4n) is 3.18. The first-order chi connectivity index (χ1) is 13.5. The van der Waals surface area contributed by atoms with E-state index in [9.17, 15) is 9.59 Å². The second-order valence-electron chi connectivity index (χ2n) is 7.62. The Morgan fingerprint density at radius 1 is 1.21 bits per heavy atom. The number of nitrogens with zero attached hydrogens (tertiary/aromatic N) is 3. The Labute approximate surface area is 165 Å². The van der Waals surface area contributed by atoms with Crippen LogP contribution in [0.4, 0.5) is 0 Å². The first kappa shape index (κ1) is 20.0. The minimum Gasteiger partial charge on any atom is -0.493 e. The van der Waals surface area contributed by atoms with Crippen molar-refractivity contribution >= 4 is 5.91 Å². The lowest BCUT2D eigenvalue weighted by atomic mass is 10.1. The first-order valence-corrected chi connectivity index (χ1v) is 10.00. The lowest BCUT2D eigenvalue weighted by Gasteiger charge is -2.26. The van der Waals surface area contributed by atoms with Gasteiger partial charge in [0.2, 0.25) is 5.91 Å². The number of aryl methyl sites for hydroxylation is 1. The Morgan fingerprint density at radius 2 is 2.00 bits per heavy atom. The summed E-state index contributed by atoms with van der Waals surface area (Å²) in [6, 6.07) is 7.41. The van der Waals surface area contributed by atoms with Gasteiger partial charge in [-0.25, -0.2) is 0 Å². The molecule has 1 amide bonds. The van der Waals surface area contributed by atoms with E-state index in [0.29, 0.717) is 30.5 Å². The van der Waals surface area contributed by atoms with Crippen LogP contribution in [0.15, 0.2) is 29.1 Å². The van der Waals surface area contributed by atoms with Crippen LogP contribution in [-0.2, 0) is 11.2 Å². The molecule has 1 aliphatic heterocycles. The monoisotopic (exact) mass is 384 g/mol. The van der Waals surface area contributed by atoms with E-state index in [4.69, 9.17) is 4.74 Å². The number of rotatable bonds is 7. The Morgan fingerprint density at radius 3 is 2.71 bits per heavy atom. The Bertz CT molecular complexity index is 857. The molecule has 28 heavy (non-hydrogen) atoms. The Kier molecular flexibility index (Phi) is 6.79. The molecule has 1 aliphatic rings.